The van der Waals surface area contributed by atoms with E-state index in [0.717, 1.165) is 18.9 Å². The maximum Gasteiger partial charge on any atom is 0.0926 e. The van der Waals surface area contributed by atoms with Crippen molar-refractivity contribution >= 4 is 11.3 Å². The molecule has 0 saturated heterocycles. The van der Waals surface area contributed by atoms with Gasteiger partial charge in [-0.2, -0.15) is 0 Å². The fraction of sp³-hybridized carbons (Fsp3) is 0.700. The summed E-state index contributed by atoms with van der Waals surface area (Å²) in [6, 6.07) is 0. The molecule has 0 atom stereocenters. The topological polar surface area (TPSA) is 24.9 Å². The Morgan fingerprint density at radius 3 is 3.08 bits per heavy atom. The molecular formula is C10H16N2S. The summed E-state index contributed by atoms with van der Waals surface area (Å²) in [5.41, 5.74) is 1.21. The molecule has 0 unspecified atom stereocenters. The summed E-state index contributed by atoms with van der Waals surface area (Å²) in [7, 11) is 0. The highest BCUT2D eigenvalue weighted by molar-refractivity contribution is 7.09. The minimum absolute atomic E-state index is 0.951. The molecule has 1 aromatic rings. The molecule has 0 aliphatic heterocycles. The van der Waals surface area contributed by atoms with E-state index in [1.165, 1.54) is 30.1 Å². The summed E-state index contributed by atoms with van der Waals surface area (Å²) in [4.78, 5) is 4.50. The second-order valence-corrected chi connectivity index (χ2v) is 4.60. The second-order valence-electron chi connectivity index (χ2n) is 3.66. The summed E-state index contributed by atoms with van der Waals surface area (Å²) in [5.74, 6) is 0.962. The predicted octanol–water partition coefficient (Wildman–Crippen LogP) is 2.21. The number of aryl methyl sites for hydroxylation is 1. The molecule has 1 fully saturated rings. The molecule has 0 amide bonds. The van der Waals surface area contributed by atoms with Crippen molar-refractivity contribution in [3.63, 3.8) is 0 Å². The Labute approximate surface area is 83.4 Å². The Morgan fingerprint density at radius 2 is 2.46 bits per heavy atom. The van der Waals surface area contributed by atoms with E-state index in [0.29, 0.717) is 0 Å². The Kier molecular flexibility index (Phi) is 2.96. The molecule has 2 nitrogen and oxygen atoms in total. The molecule has 1 heterocycles. The van der Waals surface area contributed by atoms with Gasteiger partial charge in [0.25, 0.3) is 0 Å². The molecule has 1 aromatic heterocycles. The molecule has 3 heteroatoms. The lowest BCUT2D eigenvalue weighted by atomic mass is 10.4. The first-order valence-corrected chi connectivity index (χ1v) is 5.90. The molecule has 1 aliphatic carbocycles. The normalized spacial score (nSPS) is 16.4. The Bertz CT molecular complexity index is 266. The van der Waals surface area contributed by atoms with Crippen LogP contribution in [-0.2, 0) is 13.0 Å². The average Bonchev–Trinajstić information content (AvgIpc) is 2.84. The number of hydrogen-bond acceptors (Lipinski definition) is 3. The van der Waals surface area contributed by atoms with Crippen molar-refractivity contribution in [3.8, 4) is 0 Å². The quantitative estimate of drug-likeness (QED) is 0.781. The largest absolute Gasteiger partial charge is 0.311 e. The first kappa shape index (κ1) is 9.16. The van der Waals surface area contributed by atoms with Gasteiger partial charge in [0.1, 0.15) is 0 Å². The van der Waals surface area contributed by atoms with Crippen LogP contribution in [0.15, 0.2) is 5.38 Å². The maximum atomic E-state index is 4.50. The first-order chi connectivity index (χ1) is 6.38. The molecular weight excluding hydrogens is 180 g/mol. The molecule has 0 bridgehead atoms. The van der Waals surface area contributed by atoms with Crippen LogP contribution in [0.1, 0.15) is 30.5 Å². The molecule has 72 valence electrons. The van der Waals surface area contributed by atoms with E-state index >= 15 is 0 Å². The van der Waals surface area contributed by atoms with Crippen LogP contribution in [0.3, 0.4) is 0 Å². The zero-order valence-corrected chi connectivity index (χ0v) is 8.86. The average molecular weight is 196 g/mol. The summed E-state index contributed by atoms with van der Waals surface area (Å²) >= 11 is 1.77. The smallest absolute Gasteiger partial charge is 0.0926 e. The Hall–Kier alpha value is -0.410. The van der Waals surface area contributed by atoms with Crippen LogP contribution in [-0.4, -0.2) is 11.5 Å². The number of rotatable bonds is 5. The van der Waals surface area contributed by atoms with E-state index in [-0.39, 0.29) is 0 Å². The number of nitrogens with one attached hydrogen (secondary N) is 1. The highest BCUT2D eigenvalue weighted by Crippen LogP contribution is 2.27. The van der Waals surface area contributed by atoms with Crippen LogP contribution in [0.4, 0.5) is 0 Å². The lowest BCUT2D eigenvalue weighted by molar-refractivity contribution is 0.631. The van der Waals surface area contributed by atoms with E-state index < -0.39 is 0 Å². The SMILES string of the molecule is CCc1nc(CNCC2CC2)cs1. The van der Waals surface area contributed by atoms with E-state index in [1.807, 2.05) is 0 Å². The van der Waals surface area contributed by atoms with Gasteiger partial charge in [-0.15, -0.1) is 11.3 Å². The van der Waals surface area contributed by atoms with Crippen LogP contribution in [0.2, 0.25) is 0 Å². The van der Waals surface area contributed by atoms with E-state index in [2.05, 4.69) is 22.6 Å². The fourth-order valence-corrected chi connectivity index (χ4v) is 2.06. The minimum Gasteiger partial charge on any atom is -0.311 e. The van der Waals surface area contributed by atoms with Crippen molar-refractivity contribution < 1.29 is 0 Å². The molecule has 1 saturated carbocycles. The van der Waals surface area contributed by atoms with Crippen molar-refractivity contribution in [2.24, 2.45) is 5.92 Å². The second kappa shape index (κ2) is 4.20. The van der Waals surface area contributed by atoms with Crippen LogP contribution in [0.5, 0.6) is 0 Å². The molecule has 2 rings (SSSR count). The monoisotopic (exact) mass is 196 g/mol. The van der Waals surface area contributed by atoms with Gasteiger partial charge in [-0.05, 0) is 31.7 Å². The van der Waals surface area contributed by atoms with Gasteiger partial charge in [-0.25, -0.2) is 4.98 Å². The summed E-state index contributed by atoms with van der Waals surface area (Å²) < 4.78 is 0. The van der Waals surface area contributed by atoms with Gasteiger partial charge >= 0.3 is 0 Å². The van der Waals surface area contributed by atoms with Gasteiger partial charge in [0.2, 0.25) is 0 Å². The lowest BCUT2D eigenvalue weighted by Crippen LogP contribution is -2.16. The molecule has 0 spiro atoms. The van der Waals surface area contributed by atoms with Gasteiger partial charge in [-0.3, -0.25) is 0 Å². The third-order valence-electron chi connectivity index (χ3n) is 2.34. The zero-order valence-electron chi connectivity index (χ0n) is 8.05. The van der Waals surface area contributed by atoms with E-state index in [9.17, 15) is 0 Å². The Morgan fingerprint density at radius 1 is 1.62 bits per heavy atom. The molecule has 1 N–H and O–H groups in total. The van der Waals surface area contributed by atoms with Crippen molar-refractivity contribution in [2.75, 3.05) is 6.54 Å². The third-order valence-corrected chi connectivity index (χ3v) is 3.38. The fourth-order valence-electron chi connectivity index (χ4n) is 1.32. The van der Waals surface area contributed by atoms with E-state index in [4.69, 9.17) is 0 Å². The number of hydrogen-bond donors (Lipinski definition) is 1. The van der Waals surface area contributed by atoms with Crippen LogP contribution >= 0.6 is 11.3 Å². The van der Waals surface area contributed by atoms with Crippen molar-refractivity contribution in [2.45, 2.75) is 32.7 Å². The highest BCUT2D eigenvalue weighted by atomic mass is 32.1. The molecule has 0 aromatic carbocycles. The van der Waals surface area contributed by atoms with Crippen molar-refractivity contribution in [1.29, 1.82) is 0 Å². The first-order valence-electron chi connectivity index (χ1n) is 5.02. The van der Waals surface area contributed by atoms with Gasteiger partial charge in [-0.1, -0.05) is 6.92 Å². The lowest BCUT2D eigenvalue weighted by Gasteiger charge is -1.99. The number of thiazole rings is 1. The highest BCUT2D eigenvalue weighted by Gasteiger charge is 2.20. The standard InChI is InChI=1S/C10H16N2S/c1-2-10-12-9(7-13-10)6-11-5-8-3-4-8/h7-8,11H,2-6H2,1H3. The van der Waals surface area contributed by atoms with Gasteiger partial charge in [0.05, 0.1) is 10.7 Å². The molecule has 1 aliphatic rings. The van der Waals surface area contributed by atoms with Crippen LogP contribution < -0.4 is 5.32 Å². The van der Waals surface area contributed by atoms with Crippen molar-refractivity contribution in [3.05, 3.63) is 16.1 Å². The van der Waals surface area contributed by atoms with Gasteiger partial charge < -0.3 is 5.32 Å². The van der Waals surface area contributed by atoms with Crippen LogP contribution in [0.25, 0.3) is 0 Å². The summed E-state index contributed by atoms with van der Waals surface area (Å²) in [6.07, 6.45) is 3.90. The van der Waals surface area contributed by atoms with E-state index in [1.54, 1.807) is 11.3 Å². The minimum atomic E-state index is 0.951. The predicted molar refractivity (Wildman–Crippen MR) is 55.9 cm³/mol. The van der Waals surface area contributed by atoms with Gasteiger partial charge in [0, 0.05) is 11.9 Å². The zero-order chi connectivity index (χ0) is 9.10. The van der Waals surface area contributed by atoms with Crippen molar-refractivity contribution in [1.82, 2.24) is 10.3 Å². The molecule has 0 radical (unpaired) electrons. The third kappa shape index (κ3) is 2.78. The summed E-state index contributed by atoms with van der Waals surface area (Å²) in [6.45, 7) is 4.28. The Balaban J connectivity index is 1.72. The maximum absolute atomic E-state index is 4.50. The number of aromatic nitrogens is 1. The molecule has 13 heavy (non-hydrogen) atoms. The van der Waals surface area contributed by atoms with Gasteiger partial charge in [0.15, 0.2) is 0 Å². The summed E-state index contributed by atoms with van der Waals surface area (Å²) in [5, 5.41) is 6.86. The van der Waals surface area contributed by atoms with Crippen LogP contribution in [0, 0.1) is 5.92 Å². The number of nitrogens with zero attached hydrogens (tertiary/aromatic N) is 1.